The van der Waals surface area contributed by atoms with Crippen LogP contribution in [0.1, 0.15) is 11.1 Å². The van der Waals surface area contributed by atoms with Crippen molar-refractivity contribution >= 4 is 10.1 Å². The molecule has 1 N–H and O–H groups in total. The van der Waals surface area contributed by atoms with Crippen molar-refractivity contribution < 1.29 is 21.8 Å². The molecule has 0 atom stereocenters. The third-order valence-corrected chi connectivity index (χ3v) is 3.60. The largest absolute Gasteiger partial charge is 0.286 e. The quantitative estimate of drug-likeness (QED) is 0.808. The monoisotopic (exact) mass is 248 g/mol. The van der Waals surface area contributed by atoms with Crippen LogP contribution in [0, 0.1) is 17.6 Å². The average Bonchev–Trinajstić information content (AvgIpc) is 2.44. The van der Waals surface area contributed by atoms with E-state index < -0.39 is 21.8 Å². The highest BCUT2D eigenvalue weighted by molar-refractivity contribution is 7.85. The molecule has 0 bridgehead atoms. The summed E-state index contributed by atoms with van der Waals surface area (Å²) in [6.45, 7) is 0. The van der Waals surface area contributed by atoms with Gasteiger partial charge in [-0.2, -0.15) is 8.42 Å². The molecule has 0 heterocycles. The van der Waals surface area contributed by atoms with Crippen LogP contribution in [0.2, 0.25) is 0 Å². The molecular formula is C10H10F2O3S. The number of benzene rings is 1. The van der Waals surface area contributed by atoms with E-state index in [2.05, 4.69) is 0 Å². The van der Waals surface area contributed by atoms with Gasteiger partial charge in [0.05, 0.1) is 5.75 Å². The van der Waals surface area contributed by atoms with E-state index in [0.717, 1.165) is 12.1 Å². The van der Waals surface area contributed by atoms with Gasteiger partial charge in [0.1, 0.15) is 0 Å². The Balaban J connectivity index is 2.22. The molecule has 0 radical (unpaired) electrons. The third kappa shape index (κ3) is 2.38. The van der Waals surface area contributed by atoms with Crippen molar-refractivity contribution in [2.45, 2.75) is 12.8 Å². The fourth-order valence-electron chi connectivity index (χ4n) is 2.12. The molecule has 1 aromatic rings. The first kappa shape index (κ1) is 11.5. The van der Waals surface area contributed by atoms with Gasteiger partial charge in [0, 0.05) is 0 Å². The zero-order valence-electron chi connectivity index (χ0n) is 8.28. The van der Waals surface area contributed by atoms with E-state index in [0.29, 0.717) is 24.0 Å². The van der Waals surface area contributed by atoms with E-state index in [-0.39, 0.29) is 11.7 Å². The van der Waals surface area contributed by atoms with Crippen LogP contribution in [0.4, 0.5) is 8.78 Å². The molecule has 3 nitrogen and oxygen atoms in total. The van der Waals surface area contributed by atoms with E-state index in [4.69, 9.17) is 4.55 Å². The Bertz CT molecular complexity index is 494. The van der Waals surface area contributed by atoms with E-state index >= 15 is 0 Å². The van der Waals surface area contributed by atoms with E-state index in [1.807, 2.05) is 0 Å². The van der Waals surface area contributed by atoms with Crippen LogP contribution in [-0.4, -0.2) is 18.7 Å². The lowest BCUT2D eigenvalue weighted by Crippen LogP contribution is -2.15. The molecule has 0 aliphatic heterocycles. The summed E-state index contributed by atoms with van der Waals surface area (Å²) in [5.74, 6) is -2.52. The van der Waals surface area contributed by atoms with Crippen molar-refractivity contribution in [2.24, 2.45) is 5.92 Å². The molecular weight excluding hydrogens is 238 g/mol. The first-order valence-corrected chi connectivity index (χ1v) is 6.38. The molecule has 6 heteroatoms. The summed E-state index contributed by atoms with van der Waals surface area (Å²) in [6.07, 6.45) is 0.707. The molecule has 16 heavy (non-hydrogen) atoms. The van der Waals surface area contributed by atoms with E-state index in [1.54, 1.807) is 0 Å². The molecule has 0 amide bonds. The SMILES string of the molecule is O=S(=O)(O)CC1Cc2cc(F)c(F)cc2C1. The lowest BCUT2D eigenvalue weighted by Gasteiger charge is -2.04. The Morgan fingerprint density at radius 3 is 2.00 bits per heavy atom. The maximum absolute atomic E-state index is 12.9. The summed E-state index contributed by atoms with van der Waals surface area (Å²) < 4.78 is 55.8. The Labute approximate surface area is 91.8 Å². The fraction of sp³-hybridized carbons (Fsp3) is 0.400. The zero-order valence-corrected chi connectivity index (χ0v) is 9.10. The number of fused-ring (bicyclic) bond motifs is 1. The first-order chi connectivity index (χ1) is 7.35. The van der Waals surface area contributed by atoms with Crippen molar-refractivity contribution in [2.75, 3.05) is 5.75 Å². The molecule has 0 saturated heterocycles. The van der Waals surface area contributed by atoms with Gasteiger partial charge in [-0.3, -0.25) is 4.55 Å². The predicted octanol–water partition coefficient (Wildman–Crippen LogP) is 1.57. The molecule has 2 rings (SSSR count). The number of halogens is 2. The summed E-state index contributed by atoms with van der Waals surface area (Å²) in [4.78, 5) is 0. The Hall–Kier alpha value is -1.01. The van der Waals surface area contributed by atoms with Gasteiger partial charge in [-0.05, 0) is 42.0 Å². The summed E-state index contributed by atoms with van der Waals surface area (Å²) in [7, 11) is -4.03. The van der Waals surface area contributed by atoms with Crippen LogP contribution in [0.5, 0.6) is 0 Å². The normalized spacial score (nSPS) is 16.4. The summed E-state index contributed by atoms with van der Waals surface area (Å²) in [6, 6.07) is 2.18. The Morgan fingerprint density at radius 2 is 1.62 bits per heavy atom. The number of hydrogen-bond acceptors (Lipinski definition) is 2. The van der Waals surface area contributed by atoms with E-state index in [9.17, 15) is 17.2 Å². The lowest BCUT2D eigenvalue weighted by molar-refractivity contribution is 0.466. The van der Waals surface area contributed by atoms with Gasteiger partial charge in [0.15, 0.2) is 11.6 Å². The molecule has 1 aliphatic rings. The second kappa shape index (κ2) is 3.78. The Morgan fingerprint density at radius 1 is 1.19 bits per heavy atom. The fourth-order valence-corrected chi connectivity index (χ4v) is 2.95. The minimum absolute atomic E-state index is 0.300. The highest BCUT2D eigenvalue weighted by Gasteiger charge is 2.26. The van der Waals surface area contributed by atoms with Crippen molar-refractivity contribution in [1.29, 1.82) is 0 Å². The van der Waals surface area contributed by atoms with Gasteiger partial charge in [0.2, 0.25) is 0 Å². The van der Waals surface area contributed by atoms with Gasteiger partial charge >= 0.3 is 0 Å². The van der Waals surface area contributed by atoms with Crippen molar-refractivity contribution in [3.63, 3.8) is 0 Å². The standard InChI is InChI=1S/C10H10F2O3S/c11-9-3-7-1-6(5-16(13,14)15)2-8(7)4-10(9)12/h3-4,6H,1-2,5H2,(H,13,14,15). The van der Waals surface area contributed by atoms with Crippen molar-refractivity contribution in [3.8, 4) is 0 Å². The minimum atomic E-state index is -4.03. The van der Waals surface area contributed by atoms with Crippen molar-refractivity contribution in [3.05, 3.63) is 34.9 Å². The predicted molar refractivity (Wildman–Crippen MR) is 53.7 cm³/mol. The molecule has 0 spiro atoms. The minimum Gasteiger partial charge on any atom is -0.286 e. The van der Waals surface area contributed by atoms with Crippen LogP contribution in [0.3, 0.4) is 0 Å². The molecule has 0 unspecified atom stereocenters. The summed E-state index contributed by atoms with van der Waals surface area (Å²) in [5.41, 5.74) is 1.24. The molecule has 0 saturated carbocycles. The van der Waals surface area contributed by atoms with Gasteiger partial charge < -0.3 is 0 Å². The summed E-state index contributed by atoms with van der Waals surface area (Å²) >= 11 is 0. The molecule has 1 aromatic carbocycles. The van der Waals surface area contributed by atoms with Crippen LogP contribution in [-0.2, 0) is 23.0 Å². The average molecular weight is 248 g/mol. The maximum Gasteiger partial charge on any atom is 0.265 e. The smallest absolute Gasteiger partial charge is 0.265 e. The number of rotatable bonds is 2. The van der Waals surface area contributed by atoms with Crippen LogP contribution in [0.25, 0.3) is 0 Å². The van der Waals surface area contributed by atoms with Gasteiger partial charge in [-0.25, -0.2) is 8.78 Å². The molecule has 1 aliphatic carbocycles. The second-order valence-electron chi connectivity index (χ2n) is 4.06. The van der Waals surface area contributed by atoms with Gasteiger partial charge in [0.25, 0.3) is 10.1 Å². The number of hydrogen-bond donors (Lipinski definition) is 1. The van der Waals surface area contributed by atoms with Crippen LogP contribution in [0.15, 0.2) is 12.1 Å². The topological polar surface area (TPSA) is 54.4 Å². The molecule has 0 fully saturated rings. The molecule has 0 aromatic heterocycles. The highest BCUT2D eigenvalue weighted by Crippen LogP contribution is 2.29. The van der Waals surface area contributed by atoms with Crippen LogP contribution >= 0.6 is 0 Å². The lowest BCUT2D eigenvalue weighted by atomic mass is 10.1. The third-order valence-electron chi connectivity index (χ3n) is 2.71. The molecule has 88 valence electrons. The summed E-state index contributed by atoms with van der Waals surface area (Å²) in [5, 5.41) is 0. The Kier molecular flexibility index (Phi) is 2.71. The second-order valence-corrected chi connectivity index (χ2v) is 5.56. The van der Waals surface area contributed by atoms with Crippen LogP contribution < -0.4 is 0 Å². The zero-order chi connectivity index (χ0) is 11.9. The maximum atomic E-state index is 12.9. The van der Waals surface area contributed by atoms with Gasteiger partial charge in [-0.15, -0.1) is 0 Å². The first-order valence-electron chi connectivity index (χ1n) is 4.77. The van der Waals surface area contributed by atoms with Crippen molar-refractivity contribution in [1.82, 2.24) is 0 Å². The van der Waals surface area contributed by atoms with E-state index in [1.165, 1.54) is 0 Å². The van der Waals surface area contributed by atoms with Gasteiger partial charge in [-0.1, -0.05) is 0 Å². The highest BCUT2D eigenvalue weighted by atomic mass is 32.2.